The lowest BCUT2D eigenvalue weighted by molar-refractivity contribution is -0.150. The van der Waals surface area contributed by atoms with E-state index in [0.29, 0.717) is 30.4 Å². The molecule has 1 aliphatic carbocycles. The van der Waals surface area contributed by atoms with Crippen LogP contribution in [0.25, 0.3) is 0 Å². The first-order valence-corrected chi connectivity index (χ1v) is 18.9. The number of likely N-dealkylation sites (N-methyl/N-ethyl adjacent to an activating group) is 2. The van der Waals surface area contributed by atoms with Crippen molar-refractivity contribution in [3.63, 3.8) is 0 Å². The fourth-order valence-electron chi connectivity index (χ4n) is 7.29. The van der Waals surface area contributed by atoms with Crippen LogP contribution >= 0.6 is 0 Å². The topological polar surface area (TPSA) is 157 Å². The van der Waals surface area contributed by atoms with Crippen molar-refractivity contribution >= 4 is 23.8 Å². The maximum atomic E-state index is 14.5. The maximum Gasteiger partial charge on any atom is 0.411 e. The highest BCUT2D eigenvalue weighted by Crippen LogP contribution is 2.29. The number of carbonyl (C=O) groups excluding carboxylic acids is 4. The molecular weight excluding hydrogens is 664 g/mol. The second-order valence-corrected chi connectivity index (χ2v) is 15.1. The zero-order valence-electron chi connectivity index (χ0n) is 31.8. The van der Waals surface area contributed by atoms with Gasteiger partial charge in [-0.25, -0.2) is 9.78 Å². The summed E-state index contributed by atoms with van der Waals surface area (Å²) in [6.45, 7) is 6.28. The number of aromatic nitrogens is 2. The molecule has 1 aliphatic heterocycles. The minimum absolute atomic E-state index is 0.0541. The van der Waals surface area contributed by atoms with Crippen LogP contribution in [0.4, 0.5) is 4.79 Å². The van der Waals surface area contributed by atoms with E-state index >= 15 is 0 Å². The Bertz CT molecular complexity index is 1420. The third-order valence-electron chi connectivity index (χ3n) is 10.4. The zero-order chi connectivity index (χ0) is 37.8. The smallest absolute Gasteiger partial charge is 0.411 e. The number of H-pyrrole nitrogens is 1. The summed E-state index contributed by atoms with van der Waals surface area (Å²) in [7, 11) is 4.75. The normalized spacial score (nSPS) is 20.4. The number of hydrogen-bond acceptors (Lipinski definition) is 8. The Labute approximate surface area is 308 Å². The highest BCUT2D eigenvalue weighted by Gasteiger charge is 2.42. The molecule has 1 saturated carbocycles. The van der Waals surface area contributed by atoms with E-state index in [0.717, 1.165) is 37.7 Å². The first kappa shape index (κ1) is 40.8. The lowest BCUT2D eigenvalue weighted by atomic mass is 9.83. The average Bonchev–Trinajstić information content (AvgIpc) is 3.65. The van der Waals surface area contributed by atoms with Crippen LogP contribution in [-0.4, -0.2) is 124 Å². The third kappa shape index (κ3) is 11.5. The molecule has 4 rings (SSSR count). The van der Waals surface area contributed by atoms with Gasteiger partial charge in [0.1, 0.15) is 12.1 Å². The molecule has 1 saturated heterocycles. The van der Waals surface area contributed by atoms with Crippen molar-refractivity contribution in [3.05, 3.63) is 54.1 Å². The lowest BCUT2D eigenvalue weighted by Crippen LogP contribution is -2.60. The molecule has 2 aromatic rings. The number of aromatic amines is 1. The summed E-state index contributed by atoms with van der Waals surface area (Å²) >= 11 is 0. The first-order valence-electron chi connectivity index (χ1n) is 18.9. The molecular formula is C39H60N6O7. The van der Waals surface area contributed by atoms with Crippen molar-refractivity contribution in [1.82, 2.24) is 30.0 Å². The number of aliphatic hydroxyl groups is 1. The van der Waals surface area contributed by atoms with Gasteiger partial charge in [0.25, 0.3) is 5.91 Å². The van der Waals surface area contributed by atoms with Crippen LogP contribution in [0, 0.1) is 11.8 Å². The van der Waals surface area contributed by atoms with E-state index in [2.05, 4.69) is 29.1 Å². The summed E-state index contributed by atoms with van der Waals surface area (Å²) in [5.41, 5.74) is 1.40. The summed E-state index contributed by atoms with van der Waals surface area (Å²) < 4.78 is 11.7. The van der Waals surface area contributed by atoms with Crippen molar-refractivity contribution in [2.45, 2.75) is 121 Å². The van der Waals surface area contributed by atoms with Crippen LogP contribution in [0.1, 0.15) is 83.4 Å². The minimum Gasteiger partial charge on any atom is -0.436 e. The van der Waals surface area contributed by atoms with Gasteiger partial charge < -0.3 is 34.7 Å². The van der Waals surface area contributed by atoms with Crippen molar-refractivity contribution in [2.24, 2.45) is 11.8 Å². The Morgan fingerprint density at radius 2 is 1.77 bits per heavy atom. The molecule has 1 aromatic heterocycles. The van der Waals surface area contributed by atoms with E-state index in [1.165, 1.54) is 34.5 Å². The summed E-state index contributed by atoms with van der Waals surface area (Å²) in [6.07, 6.45) is 7.53. The van der Waals surface area contributed by atoms with Crippen LogP contribution in [-0.2, 0) is 36.7 Å². The Morgan fingerprint density at radius 3 is 2.40 bits per heavy atom. The van der Waals surface area contributed by atoms with Gasteiger partial charge in [-0.1, -0.05) is 76.3 Å². The molecule has 0 bridgehead atoms. The van der Waals surface area contributed by atoms with Gasteiger partial charge >= 0.3 is 6.09 Å². The highest BCUT2D eigenvalue weighted by atomic mass is 16.6. The van der Waals surface area contributed by atoms with E-state index in [1.54, 1.807) is 27.2 Å². The van der Waals surface area contributed by atoms with E-state index in [1.807, 2.05) is 30.3 Å². The van der Waals surface area contributed by atoms with Gasteiger partial charge in [-0.05, 0) is 43.6 Å². The van der Waals surface area contributed by atoms with Crippen LogP contribution < -0.4 is 5.32 Å². The van der Waals surface area contributed by atoms with E-state index in [-0.39, 0.29) is 31.9 Å². The molecule has 288 valence electrons. The number of nitrogens with one attached hydrogen (secondary N) is 2. The van der Waals surface area contributed by atoms with Gasteiger partial charge in [0.2, 0.25) is 11.8 Å². The first-order chi connectivity index (χ1) is 24.8. The molecule has 0 radical (unpaired) electrons. The van der Waals surface area contributed by atoms with Gasteiger partial charge in [0.15, 0.2) is 6.10 Å². The number of hydrogen-bond donors (Lipinski definition) is 3. The van der Waals surface area contributed by atoms with E-state index in [9.17, 15) is 24.3 Å². The predicted molar refractivity (Wildman–Crippen MR) is 197 cm³/mol. The van der Waals surface area contributed by atoms with Crippen LogP contribution in [0.15, 0.2) is 42.9 Å². The van der Waals surface area contributed by atoms with Gasteiger partial charge in [0, 0.05) is 52.4 Å². The molecule has 2 aliphatic rings. The van der Waals surface area contributed by atoms with Crippen LogP contribution in [0.5, 0.6) is 0 Å². The van der Waals surface area contributed by atoms with Crippen molar-refractivity contribution in [3.8, 4) is 0 Å². The second kappa shape index (κ2) is 19.8. The van der Waals surface area contributed by atoms with E-state index in [4.69, 9.17) is 9.47 Å². The minimum atomic E-state index is -1.31. The van der Waals surface area contributed by atoms with Crippen LogP contribution in [0.3, 0.4) is 0 Å². The monoisotopic (exact) mass is 724 g/mol. The van der Waals surface area contributed by atoms with Gasteiger partial charge in [-0.3, -0.25) is 19.3 Å². The van der Waals surface area contributed by atoms with Crippen molar-refractivity contribution in [2.75, 3.05) is 34.3 Å². The number of morpholine rings is 1. The summed E-state index contributed by atoms with van der Waals surface area (Å²) in [5, 5.41) is 14.6. The number of benzene rings is 1. The number of aliphatic hydroxyl groups excluding tert-OH is 1. The molecule has 2 fully saturated rings. The fraction of sp³-hybridized carbons (Fsp3) is 0.667. The molecule has 4 amide bonds. The second-order valence-electron chi connectivity index (χ2n) is 15.1. The predicted octanol–water partition coefficient (Wildman–Crippen LogP) is 3.96. The molecule has 0 spiro atoms. The summed E-state index contributed by atoms with van der Waals surface area (Å²) in [6, 6.07) is 6.79. The third-order valence-corrected chi connectivity index (χ3v) is 10.4. The SMILES string of the molecule is CC(C)CC[C@H](O)[C@H](CC1CCCCC1)NC(=O)[C@H](Cc1cnc[nH]1)N(C)C(=O)[C@H](Cc1ccccc1)OC(=O)N1CCO[C@H](C)[C@@H]1C(=O)N(C)C. The number of rotatable bonds is 16. The molecule has 3 N–H and O–H groups in total. The summed E-state index contributed by atoms with van der Waals surface area (Å²) in [4.78, 5) is 67.1. The standard InChI is InChI=1S/C39H60N6O7/c1-26(2)17-18-33(46)31(21-28-13-9-7-10-14-28)42-36(47)32(23-30-24-40-25-41-30)44(6)37(48)34(22-29-15-11-8-12-16-29)52-39(50)45-19-20-51-27(3)35(45)38(49)43(4)5/h8,11-12,15-16,24-28,31-35,46H,7,9-10,13-14,17-23H2,1-6H3,(H,40,41)(H,42,47)/t27-,31+,32+,33+,34+,35-/m1/s1. The highest BCUT2D eigenvalue weighted by molar-refractivity contribution is 5.91. The number of amides is 4. The Hall–Kier alpha value is -3.97. The van der Waals surface area contributed by atoms with Gasteiger partial charge in [0.05, 0.1) is 31.2 Å². The van der Waals surface area contributed by atoms with Gasteiger partial charge in [-0.15, -0.1) is 0 Å². The van der Waals surface area contributed by atoms with Crippen molar-refractivity contribution in [1.29, 1.82) is 0 Å². The Kier molecular flexibility index (Phi) is 15.5. The fourth-order valence-corrected chi connectivity index (χ4v) is 7.29. The molecule has 6 atom stereocenters. The molecule has 13 heteroatoms. The number of imidazole rings is 1. The molecule has 2 heterocycles. The summed E-state index contributed by atoms with van der Waals surface area (Å²) in [5.74, 6) is -0.490. The number of ether oxygens (including phenoxy) is 2. The van der Waals surface area contributed by atoms with Crippen molar-refractivity contribution < 1.29 is 33.8 Å². The maximum absolute atomic E-state index is 14.5. The molecule has 13 nitrogen and oxygen atoms in total. The van der Waals surface area contributed by atoms with Crippen LogP contribution in [0.2, 0.25) is 0 Å². The quantitative estimate of drug-likeness (QED) is 0.235. The number of carbonyl (C=O) groups is 4. The molecule has 0 unspecified atom stereocenters. The zero-order valence-corrected chi connectivity index (χ0v) is 31.8. The van der Waals surface area contributed by atoms with Gasteiger partial charge in [-0.2, -0.15) is 0 Å². The molecule has 52 heavy (non-hydrogen) atoms. The number of nitrogens with zero attached hydrogens (tertiary/aromatic N) is 4. The largest absolute Gasteiger partial charge is 0.436 e. The lowest BCUT2D eigenvalue weighted by Gasteiger charge is -2.40. The Balaban J connectivity index is 1.61. The van der Waals surface area contributed by atoms with E-state index < -0.39 is 54.3 Å². The Morgan fingerprint density at radius 1 is 1.06 bits per heavy atom. The average molecular weight is 725 g/mol. The molecule has 1 aromatic carbocycles.